The van der Waals surface area contributed by atoms with Gasteiger partial charge in [0.2, 0.25) is 11.1 Å². The number of hydrogen-bond donors (Lipinski definition) is 2. The van der Waals surface area contributed by atoms with Crippen LogP contribution in [0.15, 0.2) is 41.0 Å². The number of thiophene rings is 1. The van der Waals surface area contributed by atoms with Gasteiger partial charge in [0.1, 0.15) is 0 Å². The van der Waals surface area contributed by atoms with E-state index in [0.29, 0.717) is 16.7 Å². The summed E-state index contributed by atoms with van der Waals surface area (Å²) in [6, 6.07) is 7.30. The fraction of sp³-hybridized carbons (Fsp3) is 0.0769. The first-order chi connectivity index (χ1) is 10.7. The van der Waals surface area contributed by atoms with Crippen molar-refractivity contribution in [1.82, 2.24) is 20.2 Å². The van der Waals surface area contributed by atoms with E-state index in [0.717, 1.165) is 4.88 Å². The number of thioether (sulfide) groups is 1. The molecular formula is C13H10ClN5OS2. The summed E-state index contributed by atoms with van der Waals surface area (Å²) in [6.07, 6.45) is 1.56. The molecule has 0 fully saturated rings. The molecule has 3 aromatic heterocycles. The number of H-pyrrole nitrogens is 1. The molecule has 0 radical (unpaired) electrons. The molecule has 1 amide bonds. The monoisotopic (exact) mass is 351 g/mol. The summed E-state index contributed by atoms with van der Waals surface area (Å²) in [5, 5.41) is 12.4. The van der Waals surface area contributed by atoms with Gasteiger partial charge in [0.15, 0.2) is 11.0 Å². The minimum atomic E-state index is -0.192. The van der Waals surface area contributed by atoms with Crippen molar-refractivity contribution in [2.75, 3.05) is 11.1 Å². The largest absolute Gasteiger partial charge is 0.323 e. The van der Waals surface area contributed by atoms with E-state index in [4.69, 9.17) is 11.6 Å². The zero-order chi connectivity index (χ0) is 15.4. The van der Waals surface area contributed by atoms with Crippen molar-refractivity contribution in [3.8, 4) is 10.7 Å². The molecule has 9 heteroatoms. The van der Waals surface area contributed by atoms with Crippen molar-refractivity contribution in [3.63, 3.8) is 0 Å². The van der Waals surface area contributed by atoms with Crippen LogP contribution in [0, 0.1) is 0 Å². The highest BCUT2D eigenvalue weighted by atomic mass is 35.5. The Balaban J connectivity index is 1.56. The maximum atomic E-state index is 11.9. The van der Waals surface area contributed by atoms with Gasteiger partial charge in [0, 0.05) is 6.20 Å². The first-order valence-electron chi connectivity index (χ1n) is 6.22. The Morgan fingerprint density at radius 3 is 3.09 bits per heavy atom. The van der Waals surface area contributed by atoms with Crippen LogP contribution in [0.5, 0.6) is 0 Å². The van der Waals surface area contributed by atoms with Gasteiger partial charge in [-0.2, -0.15) is 0 Å². The van der Waals surface area contributed by atoms with E-state index in [9.17, 15) is 4.79 Å². The maximum Gasteiger partial charge on any atom is 0.234 e. The van der Waals surface area contributed by atoms with Gasteiger partial charge in [0.25, 0.3) is 0 Å². The van der Waals surface area contributed by atoms with Crippen molar-refractivity contribution in [2.45, 2.75) is 5.16 Å². The molecule has 0 unspecified atom stereocenters. The number of halogens is 1. The Labute approximate surface area is 139 Å². The van der Waals surface area contributed by atoms with Gasteiger partial charge in [-0.15, -0.1) is 16.4 Å². The molecule has 0 saturated carbocycles. The van der Waals surface area contributed by atoms with Crippen molar-refractivity contribution < 1.29 is 4.79 Å². The lowest BCUT2D eigenvalue weighted by atomic mass is 10.4. The van der Waals surface area contributed by atoms with Crippen LogP contribution in [0.2, 0.25) is 5.15 Å². The Morgan fingerprint density at radius 1 is 1.41 bits per heavy atom. The predicted molar refractivity (Wildman–Crippen MR) is 88.3 cm³/mol. The zero-order valence-corrected chi connectivity index (χ0v) is 13.5. The maximum absolute atomic E-state index is 11.9. The number of amides is 1. The zero-order valence-electron chi connectivity index (χ0n) is 11.1. The van der Waals surface area contributed by atoms with E-state index in [-0.39, 0.29) is 16.8 Å². The lowest BCUT2D eigenvalue weighted by molar-refractivity contribution is -0.113. The number of carbonyl (C=O) groups excluding carboxylic acids is 1. The second kappa shape index (κ2) is 6.91. The normalized spacial score (nSPS) is 10.6. The van der Waals surface area contributed by atoms with E-state index in [1.807, 2.05) is 17.5 Å². The van der Waals surface area contributed by atoms with E-state index >= 15 is 0 Å². The van der Waals surface area contributed by atoms with Crippen LogP contribution in [0.25, 0.3) is 10.7 Å². The van der Waals surface area contributed by atoms with Crippen LogP contribution >= 0.6 is 34.7 Å². The minimum absolute atomic E-state index is 0.187. The lowest BCUT2D eigenvalue weighted by Crippen LogP contribution is -2.14. The highest BCUT2D eigenvalue weighted by Gasteiger charge is 2.10. The van der Waals surface area contributed by atoms with Crippen LogP contribution in [0.3, 0.4) is 0 Å². The molecule has 6 nitrogen and oxygen atoms in total. The van der Waals surface area contributed by atoms with Gasteiger partial charge in [0.05, 0.1) is 16.3 Å². The molecule has 0 spiro atoms. The molecule has 112 valence electrons. The molecule has 0 aliphatic heterocycles. The molecule has 3 rings (SSSR count). The number of anilines is 1. The molecule has 0 aliphatic rings. The van der Waals surface area contributed by atoms with E-state index in [1.54, 1.807) is 29.7 Å². The number of aromatic amines is 1. The number of pyridine rings is 1. The van der Waals surface area contributed by atoms with E-state index < -0.39 is 0 Å². The topological polar surface area (TPSA) is 83.6 Å². The smallest absolute Gasteiger partial charge is 0.234 e. The van der Waals surface area contributed by atoms with Crippen LogP contribution in [-0.4, -0.2) is 31.8 Å². The summed E-state index contributed by atoms with van der Waals surface area (Å²) in [7, 11) is 0. The highest BCUT2D eigenvalue weighted by molar-refractivity contribution is 7.99. The number of hydrogen-bond acceptors (Lipinski definition) is 6. The van der Waals surface area contributed by atoms with E-state index in [2.05, 4.69) is 25.5 Å². The van der Waals surface area contributed by atoms with Gasteiger partial charge in [-0.25, -0.2) is 9.97 Å². The Morgan fingerprint density at radius 2 is 2.32 bits per heavy atom. The molecule has 0 atom stereocenters. The third kappa shape index (κ3) is 3.65. The summed E-state index contributed by atoms with van der Waals surface area (Å²) in [5.74, 6) is 0.697. The predicted octanol–water partition coefficient (Wildman–Crippen LogP) is 3.31. The Kier molecular flexibility index (Phi) is 4.71. The van der Waals surface area contributed by atoms with Crippen LogP contribution in [-0.2, 0) is 4.79 Å². The average Bonchev–Trinajstić information content (AvgIpc) is 3.18. The first kappa shape index (κ1) is 15.0. The van der Waals surface area contributed by atoms with Gasteiger partial charge in [-0.1, -0.05) is 29.4 Å². The molecular weight excluding hydrogens is 342 g/mol. The number of carbonyl (C=O) groups is 1. The van der Waals surface area contributed by atoms with Crippen molar-refractivity contribution in [3.05, 3.63) is 41.0 Å². The Hall–Kier alpha value is -1.90. The standard InChI is InChI=1S/C13H10ClN5OS2/c14-11-8(3-1-5-15-11)16-10(20)7-22-13-17-12(18-19-13)9-4-2-6-21-9/h1-6H,7H2,(H,16,20)(H,17,18,19). The fourth-order valence-electron chi connectivity index (χ4n) is 1.63. The molecule has 0 aromatic carbocycles. The quantitative estimate of drug-likeness (QED) is 0.544. The molecule has 0 aliphatic carbocycles. The van der Waals surface area contributed by atoms with Gasteiger partial charge >= 0.3 is 0 Å². The third-order valence-corrected chi connectivity index (χ3v) is 4.61. The second-order valence-corrected chi connectivity index (χ2v) is 6.37. The summed E-state index contributed by atoms with van der Waals surface area (Å²) in [5.41, 5.74) is 0.490. The minimum Gasteiger partial charge on any atom is -0.323 e. The van der Waals surface area contributed by atoms with Crippen LogP contribution in [0.4, 0.5) is 5.69 Å². The van der Waals surface area contributed by atoms with Gasteiger partial charge in [-0.3, -0.25) is 9.89 Å². The van der Waals surface area contributed by atoms with Gasteiger partial charge in [-0.05, 0) is 23.6 Å². The van der Waals surface area contributed by atoms with Gasteiger partial charge < -0.3 is 5.32 Å². The number of rotatable bonds is 5. The fourth-order valence-corrected chi connectivity index (χ4v) is 3.06. The molecule has 3 heterocycles. The number of nitrogens with zero attached hydrogens (tertiary/aromatic N) is 3. The molecule has 22 heavy (non-hydrogen) atoms. The molecule has 0 bridgehead atoms. The summed E-state index contributed by atoms with van der Waals surface area (Å²) >= 11 is 8.71. The summed E-state index contributed by atoms with van der Waals surface area (Å²) < 4.78 is 0. The first-order valence-corrected chi connectivity index (χ1v) is 8.46. The second-order valence-electron chi connectivity index (χ2n) is 4.12. The molecule has 3 aromatic rings. The van der Waals surface area contributed by atoms with Crippen molar-refractivity contribution in [1.29, 1.82) is 0 Å². The van der Waals surface area contributed by atoms with Crippen molar-refractivity contribution in [2.24, 2.45) is 0 Å². The molecule has 0 saturated heterocycles. The summed E-state index contributed by atoms with van der Waals surface area (Å²) in [6.45, 7) is 0. The number of nitrogens with one attached hydrogen (secondary N) is 2. The van der Waals surface area contributed by atoms with Crippen molar-refractivity contribution >= 4 is 46.3 Å². The highest BCUT2D eigenvalue weighted by Crippen LogP contribution is 2.23. The average molecular weight is 352 g/mol. The summed E-state index contributed by atoms with van der Waals surface area (Å²) in [4.78, 5) is 21.1. The third-order valence-electron chi connectivity index (χ3n) is 2.59. The molecule has 2 N–H and O–H groups in total. The van der Waals surface area contributed by atoms with E-state index in [1.165, 1.54) is 11.8 Å². The Bertz CT molecular complexity index is 774. The lowest BCUT2D eigenvalue weighted by Gasteiger charge is -2.04. The van der Waals surface area contributed by atoms with Crippen LogP contribution in [0.1, 0.15) is 0 Å². The number of aromatic nitrogens is 4. The van der Waals surface area contributed by atoms with Crippen LogP contribution < -0.4 is 5.32 Å². The SMILES string of the molecule is O=C(CSc1n[nH]c(-c2cccs2)n1)Nc1cccnc1Cl.